The molecule has 0 saturated carbocycles. The first-order chi connectivity index (χ1) is 11.7. The van der Waals surface area contributed by atoms with E-state index in [4.69, 9.17) is 10.5 Å². The van der Waals surface area contributed by atoms with E-state index in [9.17, 15) is 4.79 Å². The molecule has 0 radical (unpaired) electrons. The molecule has 1 unspecified atom stereocenters. The van der Waals surface area contributed by atoms with Crippen molar-refractivity contribution in [2.75, 3.05) is 45.9 Å². The highest BCUT2D eigenvalue weighted by Crippen LogP contribution is 2.28. The number of benzene rings is 1. The van der Waals surface area contributed by atoms with Crippen LogP contribution in [-0.4, -0.2) is 61.6 Å². The number of amides is 1. The number of nitrogens with zero attached hydrogens (tertiary/aromatic N) is 2. The molecule has 1 aromatic rings. The molecule has 1 fully saturated rings. The lowest BCUT2D eigenvalue weighted by atomic mass is 9.98. The molecule has 0 bridgehead atoms. The summed E-state index contributed by atoms with van der Waals surface area (Å²) >= 11 is 0. The van der Waals surface area contributed by atoms with E-state index < -0.39 is 0 Å². The normalized spacial score (nSPS) is 16.9. The molecule has 0 aliphatic carbocycles. The molecule has 0 spiro atoms. The molecule has 1 saturated heterocycles. The first-order valence-corrected chi connectivity index (χ1v) is 9.07. The third-order valence-corrected chi connectivity index (χ3v) is 4.82. The first-order valence-electron chi connectivity index (χ1n) is 9.07. The minimum absolute atomic E-state index is 0.0763. The summed E-state index contributed by atoms with van der Waals surface area (Å²) in [5.74, 6) is 1.34. The lowest BCUT2D eigenvalue weighted by Crippen LogP contribution is -2.50. The van der Waals surface area contributed by atoms with Gasteiger partial charge in [-0.15, -0.1) is 0 Å². The van der Waals surface area contributed by atoms with Gasteiger partial charge in [-0.25, -0.2) is 0 Å². The van der Waals surface area contributed by atoms with E-state index in [1.165, 1.54) is 5.56 Å². The zero-order chi connectivity index (χ0) is 17.4. The smallest absolute Gasteiger partial charge is 0.260 e. The van der Waals surface area contributed by atoms with Crippen molar-refractivity contribution in [1.82, 2.24) is 9.80 Å². The number of hydrogen-bond acceptors (Lipinski definition) is 4. The Bertz CT molecular complexity index is 513. The highest BCUT2D eigenvalue weighted by atomic mass is 16.5. The van der Waals surface area contributed by atoms with Gasteiger partial charge in [-0.2, -0.15) is 0 Å². The molecule has 1 aliphatic heterocycles. The number of hydrogen-bond donors (Lipinski definition) is 1. The number of carbonyl (C=O) groups excluding carboxylic acids is 1. The van der Waals surface area contributed by atoms with Crippen LogP contribution in [0.5, 0.6) is 5.75 Å². The van der Waals surface area contributed by atoms with E-state index in [2.05, 4.69) is 24.8 Å². The Kier molecular flexibility index (Phi) is 7.53. The molecule has 1 aliphatic rings. The molecule has 1 aromatic carbocycles. The van der Waals surface area contributed by atoms with Gasteiger partial charge in [0.2, 0.25) is 0 Å². The molecule has 1 atom stereocenters. The quantitative estimate of drug-likeness (QED) is 0.791. The Morgan fingerprint density at radius 3 is 2.62 bits per heavy atom. The summed E-state index contributed by atoms with van der Waals surface area (Å²) in [4.78, 5) is 16.7. The lowest BCUT2D eigenvalue weighted by Gasteiger charge is -2.34. The predicted octanol–water partition coefficient (Wildman–Crippen LogP) is 2.07. The zero-order valence-corrected chi connectivity index (χ0v) is 15.0. The lowest BCUT2D eigenvalue weighted by molar-refractivity contribution is -0.135. The van der Waals surface area contributed by atoms with Crippen molar-refractivity contribution in [1.29, 1.82) is 0 Å². The van der Waals surface area contributed by atoms with E-state index in [0.29, 0.717) is 5.92 Å². The van der Waals surface area contributed by atoms with Crippen molar-refractivity contribution >= 4 is 5.91 Å². The van der Waals surface area contributed by atoms with Gasteiger partial charge in [0.25, 0.3) is 5.91 Å². The van der Waals surface area contributed by atoms with Crippen LogP contribution in [0.15, 0.2) is 24.3 Å². The molecule has 2 rings (SSSR count). The summed E-state index contributed by atoms with van der Waals surface area (Å²) < 4.78 is 5.85. The van der Waals surface area contributed by atoms with Crippen molar-refractivity contribution in [2.24, 2.45) is 5.73 Å². The van der Waals surface area contributed by atoms with Crippen LogP contribution in [-0.2, 0) is 4.79 Å². The maximum atomic E-state index is 12.4. The van der Waals surface area contributed by atoms with Crippen LogP contribution in [0, 0.1) is 0 Å². The van der Waals surface area contributed by atoms with Gasteiger partial charge in [-0.3, -0.25) is 9.69 Å². The number of piperazine rings is 1. The van der Waals surface area contributed by atoms with Crippen molar-refractivity contribution in [2.45, 2.75) is 32.6 Å². The second kappa shape index (κ2) is 9.64. The van der Waals surface area contributed by atoms with Crippen LogP contribution in [0.25, 0.3) is 0 Å². The molecule has 0 aromatic heterocycles. The first kappa shape index (κ1) is 18.7. The number of rotatable bonds is 8. The molecular weight excluding hydrogens is 302 g/mol. The van der Waals surface area contributed by atoms with Gasteiger partial charge in [-0.1, -0.05) is 32.0 Å². The van der Waals surface area contributed by atoms with E-state index in [0.717, 1.165) is 57.9 Å². The summed E-state index contributed by atoms with van der Waals surface area (Å²) in [6, 6.07) is 8.03. The van der Waals surface area contributed by atoms with Crippen LogP contribution in [0.3, 0.4) is 0 Å². The van der Waals surface area contributed by atoms with E-state index >= 15 is 0 Å². The van der Waals surface area contributed by atoms with Crippen molar-refractivity contribution in [3.63, 3.8) is 0 Å². The van der Waals surface area contributed by atoms with Crippen LogP contribution in [0.2, 0.25) is 0 Å². The fourth-order valence-electron chi connectivity index (χ4n) is 3.01. The number of nitrogens with two attached hydrogens (primary N) is 1. The maximum absolute atomic E-state index is 12.4. The minimum Gasteiger partial charge on any atom is -0.483 e. The third kappa shape index (κ3) is 5.21. The molecular formula is C19H31N3O2. The summed E-state index contributed by atoms with van der Waals surface area (Å²) in [7, 11) is 0. The monoisotopic (exact) mass is 333 g/mol. The number of para-hydroxylation sites is 1. The van der Waals surface area contributed by atoms with E-state index in [-0.39, 0.29) is 12.5 Å². The summed E-state index contributed by atoms with van der Waals surface area (Å²) in [6.45, 7) is 9.63. The molecule has 1 heterocycles. The third-order valence-electron chi connectivity index (χ3n) is 4.82. The average Bonchev–Trinajstić information content (AvgIpc) is 2.64. The van der Waals surface area contributed by atoms with Crippen LogP contribution >= 0.6 is 0 Å². The van der Waals surface area contributed by atoms with Gasteiger partial charge < -0.3 is 15.4 Å². The van der Waals surface area contributed by atoms with E-state index in [1.807, 2.05) is 23.1 Å². The second-order valence-electron chi connectivity index (χ2n) is 6.50. The van der Waals surface area contributed by atoms with Crippen molar-refractivity contribution < 1.29 is 9.53 Å². The summed E-state index contributed by atoms with van der Waals surface area (Å²) in [6.07, 6.45) is 2.07. The molecule has 24 heavy (non-hydrogen) atoms. The largest absolute Gasteiger partial charge is 0.483 e. The maximum Gasteiger partial charge on any atom is 0.260 e. The van der Waals surface area contributed by atoms with Crippen LogP contribution in [0.1, 0.15) is 38.2 Å². The topological polar surface area (TPSA) is 58.8 Å². The fraction of sp³-hybridized carbons (Fsp3) is 0.632. The zero-order valence-electron chi connectivity index (χ0n) is 15.0. The van der Waals surface area contributed by atoms with Crippen LogP contribution < -0.4 is 10.5 Å². The predicted molar refractivity (Wildman–Crippen MR) is 97.3 cm³/mol. The minimum atomic E-state index is 0.0763. The Morgan fingerprint density at radius 1 is 1.25 bits per heavy atom. The Morgan fingerprint density at radius 2 is 1.96 bits per heavy atom. The fourth-order valence-corrected chi connectivity index (χ4v) is 3.01. The number of carbonyl (C=O) groups is 1. The van der Waals surface area contributed by atoms with Crippen molar-refractivity contribution in [3.05, 3.63) is 29.8 Å². The van der Waals surface area contributed by atoms with Crippen molar-refractivity contribution in [3.8, 4) is 5.75 Å². The molecule has 5 heteroatoms. The van der Waals surface area contributed by atoms with Gasteiger partial charge in [0.05, 0.1) is 0 Å². The summed E-state index contributed by atoms with van der Waals surface area (Å²) in [5, 5.41) is 0. The van der Waals surface area contributed by atoms with Gasteiger partial charge >= 0.3 is 0 Å². The Hall–Kier alpha value is -1.59. The standard InChI is InChI=1S/C19H31N3O2/c1-3-16(2)17-7-4-5-8-18(17)24-15-19(23)22-13-11-21(12-14-22)10-6-9-20/h4-5,7-8,16H,3,6,9-15,20H2,1-2H3. The SMILES string of the molecule is CCC(C)c1ccccc1OCC(=O)N1CCN(CCCN)CC1. The van der Waals surface area contributed by atoms with Gasteiger partial charge in [0.1, 0.15) is 5.75 Å². The van der Waals surface area contributed by atoms with Gasteiger partial charge in [0, 0.05) is 26.2 Å². The van der Waals surface area contributed by atoms with E-state index in [1.54, 1.807) is 0 Å². The highest BCUT2D eigenvalue weighted by molar-refractivity contribution is 5.78. The average molecular weight is 333 g/mol. The van der Waals surface area contributed by atoms with Crippen LogP contribution in [0.4, 0.5) is 0 Å². The van der Waals surface area contributed by atoms with Gasteiger partial charge in [0.15, 0.2) is 6.61 Å². The number of ether oxygens (including phenoxy) is 1. The van der Waals surface area contributed by atoms with Gasteiger partial charge in [-0.05, 0) is 43.5 Å². The molecule has 5 nitrogen and oxygen atoms in total. The molecule has 2 N–H and O–H groups in total. The molecule has 134 valence electrons. The summed E-state index contributed by atoms with van der Waals surface area (Å²) in [5.41, 5.74) is 6.73. The Labute approximate surface area is 145 Å². The highest BCUT2D eigenvalue weighted by Gasteiger charge is 2.21. The second-order valence-corrected chi connectivity index (χ2v) is 6.50. The Balaban J connectivity index is 1.82. The molecule has 1 amide bonds.